The van der Waals surface area contributed by atoms with E-state index in [0.29, 0.717) is 18.5 Å². The van der Waals surface area contributed by atoms with Crippen molar-refractivity contribution < 1.29 is 35.9 Å². The average Bonchev–Trinajstić information content (AvgIpc) is 2.26. The lowest BCUT2D eigenvalue weighted by atomic mass is 10.0. The molecule has 0 bridgehead atoms. The molecular formula is C9H8F4N2O4S. The molecule has 0 aliphatic carbocycles. The topological polar surface area (TPSA) is 96.4 Å². The van der Waals surface area contributed by atoms with Crippen LogP contribution in [-0.4, -0.2) is 36.2 Å². The predicted molar refractivity (Wildman–Crippen MR) is 56.6 cm³/mol. The lowest BCUT2D eigenvalue weighted by Crippen LogP contribution is -2.61. The molecule has 0 spiro atoms. The highest BCUT2D eigenvalue weighted by molar-refractivity contribution is 7.89. The number of rotatable bonds is 4. The van der Waals surface area contributed by atoms with Gasteiger partial charge in [-0.2, -0.15) is 17.9 Å². The summed E-state index contributed by atoms with van der Waals surface area (Å²) in [6.07, 6.45) is -4.17. The molecule has 6 nitrogen and oxygen atoms in total. The Morgan fingerprint density at radius 3 is 2.30 bits per heavy atom. The molecule has 0 aliphatic rings. The van der Waals surface area contributed by atoms with E-state index in [-0.39, 0.29) is 6.92 Å². The first-order valence-electron chi connectivity index (χ1n) is 4.85. The Morgan fingerprint density at radius 2 is 1.90 bits per heavy atom. The van der Waals surface area contributed by atoms with Crippen LogP contribution in [-0.2, 0) is 14.8 Å². The minimum Gasteiger partial charge on any atom is -0.480 e. The number of halogens is 4. The number of sulfonamides is 1. The van der Waals surface area contributed by atoms with Crippen LogP contribution in [0.15, 0.2) is 23.4 Å². The Labute approximate surface area is 110 Å². The fourth-order valence-corrected chi connectivity index (χ4v) is 2.42. The van der Waals surface area contributed by atoms with E-state index in [1.54, 1.807) is 0 Å². The van der Waals surface area contributed by atoms with Crippen molar-refractivity contribution in [3.63, 3.8) is 0 Å². The molecule has 0 fully saturated rings. The number of hydrogen-bond donors (Lipinski definition) is 2. The number of carbonyl (C=O) groups is 1. The highest BCUT2D eigenvalue weighted by Gasteiger charge is 2.59. The molecular weight excluding hydrogens is 308 g/mol. The quantitative estimate of drug-likeness (QED) is 0.805. The van der Waals surface area contributed by atoms with Crippen molar-refractivity contribution in [3.05, 3.63) is 24.3 Å². The zero-order valence-electron chi connectivity index (χ0n) is 9.77. The second-order valence-electron chi connectivity index (χ2n) is 3.87. The van der Waals surface area contributed by atoms with Gasteiger partial charge in [0.05, 0.1) is 6.20 Å². The number of alkyl halides is 3. The van der Waals surface area contributed by atoms with Crippen LogP contribution in [0.2, 0.25) is 0 Å². The largest absolute Gasteiger partial charge is 0.480 e. The molecule has 0 amide bonds. The molecule has 112 valence electrons. The fraction of sp³-hybridized carbons (Fsp3) is 0.333. The van der Waals surface area contributed by atoms with Crippen LogP contribution in [0.4, 0.5) is 17.6 Å². The summed E-state index contributed by atoms with van der Waals surface area (Å²) in [4.78, 5) is 12.9. The van der Waals surface area contributed by atoms with Gasteiger partial charge in [0.2, 0.25) is 15.6 Å². The normalized spacial score (nSPS) is 15.7. The molecule has 1 atom stereocenters. The van der Waals surface area contributed by atoms with E-state index < -0.39 is 38.4 Å². The van der Waals surface area contributed by atoms with Crippen molar-refractivity contribution in [2.45, 2.75) is 23.5 Å². The number of carboxylic acids is 1. The molecule has 11 heteroatoms. The third-order valence-corrected chi connectivity index (χ3v) is 3.84. The highest BCUT2D eigenvalue weighted by atomic mass is 32.2. The van der Waals surface area contributed by atoms with E-state index in [1.807, 2.05) is 0 Å². The number of pyridine rings is 1. The van der Waals surface area contributed by atoms with Gasteiger partial charge in [-0.25, -0.2) is 17.6 Å². The van der Waals surface area contributed by atoms with Crippen LogP contribution in [0.1, 0.15) is 6.92 Å². The van der Waals surface area contributed by atoms with Gasteiger partial charge in [-0.3, -0.25) is 4.98 Å². The molecule has 20 heavy (non-hydrogen) atoms. The molecule has 0 radical (unpaired) electrons. The monoisotopic (exact) mass is 316 g/mol. The van der Waals surface area contributed by atoms with Crippen LogP contribution < -0.4 is 4.72 Å². The first kappa shape index (κ1) is 16.3. The summed E-state index contributed by atoms with van der Waals surface area (Å²) in [5, 5.41) is 8.60. The van der Waals surface area contributed by atoms with Crippen molar-refractivity contribution in [3.8, 4) is 0 Å². The molecule has 1 unspecified atom stereocenters. The molecule has 1 rings (SSSR count). The number of aliphatic carboxylic acids is 1. The Bertz CT molecular complexity index is 631. The lowest BCUT2D eigenvalue weighted by molar-refractivity contribution is -0.201. The molecule has 1 aromatic heterocycles. The summed E-state index contributed by atoms with van der Waals surface area (Å²) in [6.45, 7) is 0.139. The van der Waals surface area contributed by atoms with Gasteiger partial charge >= 0.3 is 12.1 Å². The van der Waals surface area contributed by atoms with E-state index in [2.05, 4.69) is 4.98 Å². The van der Waals surface area contributed by atoms with Crippen molar-refractivity contribution >= 4 is 16.0 Å². The Morgan fingerprint density at radius 1 is 1.35 bits per heavy atom. The molecule has 1 aromatic rings. The summed E-state index contributed by atoms with van der Waals surface area (Å²) < 4.78 is 75.2. The first-order chi connectivity index (χ1) is 8.90. The lowest BCUT2D eigenvalue weighted by Gasteiger charge is -2.28. The first-order valence-corrected chi connectivity index (χ1v) is 6.33. The second-order valence-corrected chi connectivity index (χ2v) is 5.55. The van der Waals surface area contributed by atoms with Gasteiger partial charge in [-0.15, -0.1) is 0 Å². The summed E-state index contributed by atoms with van der Waals surface area (Å²) in [7, 11) is -4.92. The maximum absolute atomic E-state index is 12.8. The molecule has 0 aliphatic heterocycles. The van der Waals surface area contributed by atoms with Gasteiger partial charge in [0, 0.05) is 6.20 Å². The number of hydrogen-bond acceptors (Lipinski definition) is 4. The summed E-state index contributed by atoms with van der Waals surface area (Å²) in [5.41, 5.74) is -3.75. The van der Waals surface area contributed by atoms with E-state index in [1.165, 1.54) is 0 Å². The number of carboxylic acid groups (broad SMARTS) is 1. The van der Waals surface area contributed by atoms with Crippen molar-refractivity contribution in [2.24, 2.45) is 0 Å². The van der Waals surface area contributed by atoms with E-state index >= 15 is 0 Å². The third-order valence-electron chi connectivity index (χ3n) is 2.32. The van der Waals surface area contributed by atoms with Gasteiger partial charge in [0.15, 0.2) is 0 Å². The van der Waals surface area contributed by atoms with E-state index in [4.69, 9.17) is 5.11 Å². The summed E-state index contributed by atoms with van der Waals surface area (Å²) >= 11 is 0. The molecule has 0 saturated heterocycles. The standard InChI is InChI=1S/C9H8F4N2O4S/c1-8(7(16)17,9(11,12)13)15-20(18,19)6-2-5(10)3-14-4-6/h2-4,15H,1H3,(H,16,17). The summed E-state index contributed by atoms with van der Waals surface area (Å²) in [6, 6.07) is 0.411. The second kappa shape index (κ2) is 4.98. The maximum Gasteiger partial charge on any atom is 0.418 e. The van der Waals surface area contributed by atoms with Crippen LogP contribution in [0.3, 0.4) is 0 Å². The van der Waals surface area contributed by atoms with Crippen LogP contribution in [0.25, 0.3) is 0 Å². The van der Waals surface area contributed by atoms with Gasteiger partial charge < -0.3 is 5.11 Å². The third kappa shape index (κ3) is 3.04. The Hall–Kier alpha value is -1.75. The number of nitrogens with one attached hydrogen (secondary N) is 1. The molecule has 1 heterocycles. The van der Waals surface area contributed by atoms with Crippen LogP contribution >= 0.6 is 0 Å². The van der Waals surface area contributed by atoms with Gasteiger partial charge in [0.1, 0.15) is 10.7 Å². The maximum atomic E-state index is 12.8. The zero-order valence-corrected chi connectivity index (χ0v) is 10.6. The van der Waals surface area contributed by atoms with E-state index in [9.17, 15) is 30.8 Å². The van der Waals surface area contributed by atoms with Crippen molar-refractivity contribution in [1.82, 2.24) is 9.71 Å². The van der Waals surface area contributed by atoms with Gasteiger partial charge in [-0.1, -0.05) is 0 Å². The van der Waals surface area contributed by atoms with Gasteiger partial charge in [-0.05, 0) is 13.0 Å². The fourth-order valence-electron chi connectivity index (χ4n) is 1.09. The van der Waals surface area contributed by atoms with Crippen LogP contribution in [0, 0.1) is 5.82 Å². The number of nitrogens with zero attached hydrogens (tertiary/aromatic N) is 1. The summed E-state index contributed by atoms with van der Waals surface area (Å²) in [5.74, 6) is -3.55. The number of aromatic nitrogens is 1. The van der Waals surface area contributed by atoms with Crippen molar-refractivity contribution in [2.75, 3.05) is 0 Å². The predicted octanol–water partition coefficient (Wildman–Crippen LogP) is 0.905. The highest BCUT2D eigenvalue weighted by Crippen LogP contribution is 2.31. The van der Waals surface area contributed by atoms with E-state index in [0.717, 1.165) is 4.72 Å². The molecule has 0 saturated carbocycles. The zero-order chi connectivity index (χ0) is 15.8. The smallest absolute Gasteiger partial charge is 0.418 e. The van der Waals surface area contributed by atoms with Gasteiger partial charge in [0.25, 0.3) is 0 Å². The minimum atomic E-state index is -5.40. The Balaban J connectivity index is 3.28. The Kier molecular flexibility index (Phi) is 4.06. The molecule has 0 aromatic carbocycles. The molecule has 2 N–H and O–H groups in total. The minimum absolute atomic E-state index is 0.139. The average molecular weight is 316 g/mol. The van der Waals surface area contributed by atoms with Crippen LogP contribution in [0.5, 0.6) is 0 Å². The van der Waals surface area contributed by atoms with Crippen molar-refractivity contribution in [1.29, 1.82) is 0 Å². The SMILES string of the molecule is CC(NS(=O)(=O)c1cncc(F)c1)(C(=O)O)C(F)(F)F.